The van der Waals surface area contributed by atoms with Crippen molar-refractivity contribution in [1.29, 1.82) is 0 Å². The fourth-order valence-corrected chi connectivity index (χ4v) is 13.0. The highest BCUT2D eigenvalue weighted by Crippen LogP contribution is 2.64. The van der Waals surface area contributed by atoms with Crippen molar-refractivity contribution in [1.82, 2.24) is 0 Å². The lowest BCUT2D eigenvalue weighted by Crippen LogP contribution is -2.48. The van der Waals surface area contributed by atoms with Crippen LogP contribution in [0, 0.1) is 35.5 Å². The van der Waals surface area contributed by atoms with E-state index in [1.54, 1.807) is 0 Å². The van der Waals surface area contributed by atoms with Crippen LogP contribution < -0.4 is 18.9 Å². The molecule has 3 aromatic carbocycles. The van der Waals surface area contributed by atoms with Crippen molar-refractivity contribution in [2.45, 2.75) is 87.9 Å². The van der Waals surface area contributed by atoms with Crippen molar-refractivity contribution < 1.29 is 23.7 Å². The Morgan fingerprint density at radius 2 is 1.00 bits per heavy atom. The first-order valence-electron chi connectivity index (χ1n) is 18.0. The molecular weight excluding hydrogens is 652 g/mol. The van der Waals surface area contributed by atoms with Gasteiger partial charge in [0.1, 0.15) is 6.29 Å². The molecule has 0 unspecified atom stereocenters. The van der Waals surface area contributed by atoms with E-state index < -0.39 is 0 Å². The highest BCUT2D eigenvalue weighted by Gasteiger charge is 2.54. The maximum absolute atomic E-state index is 11.0. The highest BCUT2D eigenvalue weighted by atomic mass is 79.9. The molecule has 0 amide bonds. The van der Waals surface area contributed by atoms with Crippen molar-refractivity contribution in [3.8, 4) is 34.1 Å². The van der Waals surface area contributed by atoms with Gasteiger partial charge in [-0.05, 0) is 159 Å². The third kappa shape index (κ3) is 4.78. The molecule has 244 valence electrons. The summed E-state index contributed by atoms with van der Waals surface area (Å²) in [6, 6.07) is 16.6. The number of fused-ring (bicyclic) bond motifs is 2. The quantitative estimate of drug-likeness (QED) is 0.255. The Balaban J connectivity index is 0.000000127. The largest absolute Gasteiger partial charge is 0.454 e. The molecule has 8 saturated carbocycles. The van der Waals surface area contributed by atoms with Gasteiger partial charge in [-0.15, -0.1) is 0 Å². The lowest BCUT2D eigenvalue weighted by Gasteiger charge is -2.57. The summed E-state index contributed by atoms with van der Waals surface area (Å²) in [5.41, 5.74) is 6.46. The molecule has 6 heteroatoms. The molecule has 0 atom stereocenters. The maximum Gasteiger partial charge on any atom is 0.231 e. The van der Waals surface area contributed by atoms with E-state index in [4.69, 9.17) is 18.9 Å². The van der Waals surface area contributed by atoms with Crippen molar-refractivity contribution >= 4 is 22.2 Å². The number of benzene rings is 3. The molecule has 13 rings (SSSR count). The van der Waals surface area contributed by atoms with E-state index in [2.05, 4.69) is 34.1 Å². The standard InChI is InChI=1S/C24H24O3.C17H19BrO2/c25-13-15-1-3-19(4-2-15)20-8-21(23-22(9-20)26-14-27-23)24-10-16-5-17(11-24)7-18(6-16)12-24;18-13-4-14(16-15(5-13)19-9-20-16)17-6-10-1-11(7-17)3-12(2-10)8-17/h1-4,8-9,13,16-18H,5-7,10-12,14H2;4-5,10-12H,1-3,6-9H2. The molecule has 0 aromatic heterocycles. The van der Waals surface area contributed by atoms with Gasteiger partial charge in [0, 0.05) is 21.2 Å². The summed E-state index contributed by atoms with van der Waals surface area (Å²) in [6.07, 6.45) is 17.7. The number of rotatable bonds is 4. The monoisotopic (exact) mass is 694 g/mol. The van der Waals surface area contributed by atoms with Crippen LogP contribution in [0.25, 0.3) is 11.1 Å². The van der Waals surface area contributed by atoms with E-state index in [0.717, 1.165) is 74.8 Å². The molecule has 0 saturated heterocycles. The summed E-state index contributed by atoms with van der Waals surface area (Å²) < 4.78 is 24.4. The van der Waals surface area contributed by atoms with Gasteiger partial charge in [-0.1, -0.05) is 40.2 Å². The predicted octanol–water partition coefficient (Wildman–Crippen LogP) is 10.0. The van der Waals surface area contributed by atoms with E-state index in [1.165, 1.54) is 93.7 Å². The number of hydrogen-bond acceptors (Lipinski definition) is 5. The molecule has 8 aliphatic carbocycles. The number of halogens is 1. The van der Waals surface area contributed by atoms with Crippen LogP contribution in [0.4, 0.5) is 0 Å². The van der Waals surface area contributed by atoms with Crippen LogP contribution in [-0.2, 0) is 10.8 Å². The summed E-state index contributed by atoms with van der Waals surface area (Å²) >= 11 is 3.66. The van der Waals surface area contributed by atoms with Crippen LogP contribution in [0.5, 0.6) is 23.0 Å². The van der Waals surface area contributed by atoms with Gasteiger partial charge in [-0.3, -0.25) is 4.79 Å². The number of carbonyl (C=O) groups excluding carboxylic acids is 1. The summed E-state index contributed by atoms with van der Waals surface area (Å²) in [5, 5.41) is 0. The van der Waals surface area contributed by atoms with Crippen LogP contribution in [0.15, 0.2) is 53.0 Å². The van der Waals surface area contributed by atoms with Gasteiger partial charge in [0.05, 0.1) is 0 Å². The van der Waals surface area contributed by atoms with Crippen molar-refractivity contribution in [3.63, 3.8) is 0 Å². The summed E-state index contributed by atoms with van der Waals surface area (Å²) in [6.45, 7) is 0.702. The van der Waals surface area contributed by atoms with Crippen molar-refractivity contribution in [3.05, 3.63) is 69.7 Å². The van der Waals surface area contributed by atoms with Crippen LogP contribution in [-0.4, -0.2) is 19.9 Å². The zero-order valence-electron chi connectivity index (χ0n) is 27.0. The first-order valence-corrected chi connectivity index (χ1v) is 18.8. The molecule has 8 bridgehead atoms. The molecule has 8 fully saturated rings. The van der Waals surface area contributed by atoms with Crippen molar-refractivity contribution in [2.75, 3.05) is 13.6 Å². The van der Waals surface area contributed by atoms with Gasteiger partial charge < -0.3 is 18.9 Å². The number of carbonyl (C=O) groups is 1. The average Bonchev–Trinajstić information content (AvgIpc) is 3.73. The molecule has 0 spiro atoms. The Morgan fingerprint density at radius 3 is 1.47 bits per heavy atom. The molecule has 0 radical (unpaired) electrons. The number of hydrogen-bond donors (Lipinski definition) is 0. The Morgan fingerprint density at radius 1 is 0.553 bits per heavy atom. The third-order valence-electron chi connectivity index (χ3n) is 13.5. The topological polar surface area (TPSA) is 54.0 Å². The van der Waals surface area contributed by atoms with Crippen LogP contribution in [0.3, 0.4) is 0 Å². The Labute approximate surface area is 285 Å². The van der Waals surface area contributed by atoms with Gasteiger partial charge >= 0.3 is 0 Å². The van der Waals surface area contributed by atoms with Gasteiger partial charge in [0.25, 0.3) is 0 Å². The smallest absolute Gasteiger partial charge is 0.231 e. The van der Waals surface area contributed by atoms with Gasteiger partial charge in [0.15, 0.2) is 23.0 Å². The van der Waals surface area contributed by atoms with E-state index >= 15 is 0 Å². The first-order chi connectivity index (χ1) is 22.9. The average molecular weight is 696 g/mol. The summed E-state index contributed by atoms with van der Waals surface area (Å²) in [4.78, 5) is 11.0. The molecule has 0 N–H and O–H groups in total. The normalized spacial score (nSPS) is 35.9. The Bertz CT molecular complexity index is 1670. The Hall–Kier alpha value is -2.99. The second-order valence-electron chi connectivity index (χ2n) is 16.6. The fraction of sp³-hybridized carbons (Fsp3) is 0.537. The molecule has 47 heavy (non-hydrogen) atoms. The van der Waals surface area contributed by atoms with E-state index in [-0.39, 0.29) is 5.41 Å². The number of ether oxygens (including phenoxy) is 4. The molecule has 3 aromatic rings. The van der Waals surface area contributed by atoms with E-state index in [9.17, 15) is 4.79 Å². The third-order valence-corrected chi connectivity index (χ3v) is 14.0. The minimum absolute atomic E-state index is 0.269. The molecular formula is C41H43BrO5. The predicted molar refractivity (Wildman–Crippen MR) is 183 cm³/mol. The highest BCUT2D eigenvalue weighted by molar-refractivity contribution is 9.10. The zero-order valence-corrected chi connectivity index (χ0v) is 28.6. The van der Waals surface area contributed by atoms with Crippen LogP contribution >= 0.6 is 15.9 Å². The van der Waals surface area contributed by atoms with Crippen LogP contribution in [0.2, 0.25) is 0 Å². The lowest BCUT2D eigenvalue weighted by atomic mass is 9.48. The van der Waals surface area contributed by atoms with Gasteiger partial charge in [0.2, 0.25) is 13.6 Å². The summed E-state index contributed by atoms with van der Waals surface area (Å²) in [7, 11) is 0. The minimum atomic E-state index is 0.269. The lowest BCUT2D eigenvalue weighted by molar-refractivity contribution is -0.00643. The first kappa shape index (κ1) is 29.0. The molecule has 10 aliphatic rings. The van der Waals surface area contributed by atoms with Gasteiger partial charge in [-0.25, -0.2) is 0 Å². The van der Waals surface area contributed by atoms with E-state index in [0.29, 0.717) is 24.6 Å². The SMILES string of the molecule is Brc1cc2c(c(C34CC5CC(CC(C5)C3)C4)c1)OCO2.O=Cc1ccc(-c2cc3c(c(C45CC6CC(CC(C6)C4)C5)c2)OCO3)cc1. The Kier molecular flexibility index (Phi) is 6.63. The van der Waals surface area contributed by atoms with Crippen LogP contribution in [0.1, 0.15) is 98.5 Å². The zero-order chi connectivity index (χ0) is 31.3. The van der Waals surface area contributed by atoms with Gasteiger partial charge in [-0.2, -0.15) is 0 Å². The van der Waals surface area contributed by atoms with Crippen molar-refractivity contribution in [2.24, 2.45) is 35.5 Å². The second kappa shape index (κ2) is 10.8. The maximum atomic E-state index is 11.0. The fourth-order valence-electron chi connectivity index (χ4n) is 12.6. The molecule has 2 heterocycles. The summed E-state index contributed by atoms with van der Waals surface area (Å²) in [5.74, 6) is 9.40. The molecule has 5 nitrogen and oxygen atoms in total. The number of aldehydes is 1. The second-order valence-corrected chi connectivity index (χ2v) is 17.5. The minimum Gasteiger partial charge on any atom is -0.454 e. The van der Waals surface area contributed by atoms with E-state index in [1.807, 2.05) is 30.3 Å². The molecule has 2 aliphatic heterocycles.